The molecule has 0 bridgehead atoms. The van der Waals surface area contributed by atoms with Gasteiger partial charge >= 0.3 is 0 Å². The quantitative estimate of drug-likeness (QED) is 0.682. The van der Waals surface area contributed by atoms with Crippen LogP contribution in [-0.2, 0) is 6.42 Å². The Morgan fingerprint density at radius 1 is 1.05 bits per heavy atom. The van der Waals surface area contributed by atoms with E-state index in [1.165, 1.54) is 62.9 Å². The molecule has 1 aromatic rings. The summed E-state index contributed by atoms with van der Waals surface area (Å²) < 4.78 is 0. The summed E-state index contributed by atoms with van der Waals surface area (Å²) in [5.41, 5.74) is 2.97. The van der Waals surface area contributed by atoms with Crippen molar-refractivity contribution in [2.45, 2.75) is 45.4 Å². The zero-order chi connectivity index (χ0) is 13.3. The fraction of sp³-hybridized carbons (Fsp3) is 0.647. The third-order valence-electron chi connectivity index (χ3n) is 4.00. The molecule has 1 N–H and O–H groups in total. The molecule has 1 aliphatic rings. The van der Waals surface area contributed by atoms with Crippen molar-refractivity contribution in [2.24, 2.45) is 0 Å². The number of nitrogens with one attached hydrogen (secondary N) is 1. The predicted octanol–water partition coefficient (Wildman–Crippen LogP) is 3.61. The van der Waals surface area contributed by atoms with E-state index in [9.17, 15) is 0 Å². The van der Waals surface area contributed by atoms with Crippen molar-refractivity contribution < 1.29 is 0 Å². The molecule has 0 spiro atoms. The molecular formula is C17H28N2. The number of rotatable bonds is 9. The van der Waals surface area contributed by atoms with Crippen molar-refractivity contribution in [2.75, 3.05) is 31.1 Å². The molecule has 0 saturated heterocycles. The van der Waals surface area contributed by atoms with E-state index >= 15 is 0 Å². The average molecular weight is 260 g/mol. The Bertz CT molecular complexity index is 362. The summed E-state index contributed by atoms with van der Waals surface area (Å²) in [4.78, 5) is 2.51. The number of hydrogen-bond donors (Lipinski definition) is 1. The summed E-state index contributed by atoms with van der Waals surface area (Å²) >= 11 is 0. The van der Waals surface area contributed by atoms with Gasteiger partial charge in [0, 0.05) is 25.3 Å². The molecule has 19 heavy (non-hydrogen) atoms. The standard InChI is InChI=1S/C17H28N2/c1-2-3-4-5-8-12-18-13-15-19-14-11-16-9-6-7-10-17(16)19/h6-7,9-10,18H,2-5,8,11-15H2,1H3. The van der Waals surface area contributed by atoms with Crippen LogP contribution >= 0.6 is 0 Å². The van der Waals surface area contributed by atoms with Gasteiger partial charge in [-0.25, -0.2) is 0 Å². The number of nitrogens with zero attached hydrogens (tertiary/aromatic N) is 1. The van der Waals surface area contributed by atoms with E-state index in [4.69, 9.17) is 0 Å². The van der Waals surface area contributed by atoms with E-state index in [0.717, 1.165) is 13.1 Å². The van der Waals surface area contributed by atoms with E-state index in [1.807, 2.05) is 0 Å². The Hall–Kier alpha value is -1.02. The molecule has 2 heteroatoms. The molecule has 1 aromatic carbocycles. The number of para-hydroxylation sites is 1. The van der Waals surface area contributed by atoms with Gasteiger partial charge in [0.25, 0.3) is 0 Å². The monoisotopic (exact) mass is 260 g/mol. The average Bonchev–Trinajstić information content (AvgIpc) is 2.85. The van der Waals surface area contributed by atoms with E-state index in [1.54, 1.807) is 0 Å². The maximum absolute atomic E-state index is 3.58. The number of fused-ring (bicyclic) bond motifs is 1. The summed E-state index contributed by atoms with van der Waals surface area (Å²) in [6.07, 6.45) is 8.06. The summed E-state index contributed by atoms with van der Waals surface area (Å²) in [6.45, 7) is 6.90. The van der Waals surface area contributed by atoms with E-state index in [-0.39, 0.29) is 0 Å². The van der Waals surface area contributed by atoms with Crippen LogP contribution in [0.15, 0.2) is 24.3 Å². The largest absolute Gasteiger partial charge is 0.370 e. The molecule has 1 aliphatic heterocycles. The Balaban J connectivity index is 1.55. The van der Waals surface area contributed by atoms with Gasteiger partial charge in [-0.1, -0.05) is 50.8 Å². The van der Waals surface area contributed by atoms with E-state index in [0.29, 0.717) is 0 Å². The van der Waals surface area contributed by atoms with Gasteiger partial charge in [-0.3, -0.25) is 0 Å². The van der Waals surface area contributed by atoms with Gasteiger partial charge in [0.05, 0.1) is 0 Å². The summed E-state index contributed by atoms with van der Waals surface area (Å²) in [5.74, 6) is 0. The normalized spacial score (nSPS) is 13.8. The minimum absolute atomic E-state index is 1.11. The van der Waals surface area contributed by atoms with Gasteiger partial charge < -0.3 is 10.2 Å². The van der Waals surface area contributed by atoms with Crippen molar-refractivity contribution in [1.82, 2.24) is 5.32 Å². The van der Waals surface area contributed by atoms with Crippen LogP contribution in [0.1, 0.15) is 44.6 Å². The molecule has 0 saturated carbocycles. The zero-order valence-electron chi connectivity index (χ0n) is 12.3. The van der Waals surface area contributed by atoms with Crippen LogP contribution < -0.4 is 10.2 Å². The molecule has 2 nitrogen and oxygen atoms in total. The smallest absolute Gasteiger partial charge is 0.0399 e. The van der Waals surface area contributed by atoms with Gasteiger partial charge in [0.2, 0.25) is 0 Å². The van der Waals surface area contributed by atoms with Crippen molar-refractivity contribution in [1.29, 1.82) is 0 Å². The summed E-state index contributed by atoms with van der Waals surface area (Å²) in [6, 6.07) is 8.82. The molecule has 0 amide bonds. The molecule has 0 aliphatic carbocycles. The third-order valence-corrected chi connectivity index (χ3v) is 4.00. The highest BCUT2D eigenvalue weighted by Gasteiger charge is 2.16. The maximum atomic E-state index is 3.58. The third kappa shape index (κ3) is 4.54. The van der Waals surface area contributed by atoms with Gasteiger partial charge in [-0.15, -0.1) is 0 Å². The lowest BCUT2D eigenvalue weighted by molar-refractivity contribution is 0.582. The second-order valence-electron chi connectivity index (χ2n) is 5.53. The first-order valence-corrected chi connectivity index (χ1v) is 7.95. The van der Waals surface area contributed by atoms with Crippen molar-refractivity contribution >= 4 is 5.69 Å². The Morgan fingerprint density at radius 3 is 2.79 bits per heavy atom. The minimum Gasteiger partial charge on any atom is -0.370 e. The van der Waals surface area contributed by atoms with Gasteiger partial charge in [0.1, 0.15) is 0 Å². The van der Waals surface area contributed by atoms with Gasteiger partial charge in [0.15, 0.2) is 0 Å². The first-order chi connectivity index (χ1) is 9.42. The zero-order valence-corrected chi connectivity index (χ0v) is 12.3. The topological polar surface area (TPSA) is 15.3 Å². The molecule has 0 fully saturated rings. The summed E-state index contributed by atoms with van der Waals surface area (Å²) in [7, 11) is 0. The van der Waals surface area contributed by atoms with Crippen LogP contribution in [0.3, 0.4) is 0 Å². The fourth-order valence-electron chi connectivity index (χ4n) is 2.83. The summed E-state index contributed by atoms with van der Waals surface area (Å²) in [5, 5.41) is 3.58. The molecule has 1 heterocycles. The molecular weight excluding hydrogens is 232 g/mol. The highest BCUT2D eigenvalue weighted by Crippen LogP contribution is 2.26. The van der Waals surface area contributed by atoms with Crippen LogP contribution in [0, 0.1) is 0 Å². The Kier molecular flexibility index (Phi) is 6.22. The highest BCUT2D eigenvalue weighted by atomic mass is 15.2. The van der Waals surface area contributed by atoms with Crippen LogP contribution in [0.4, 0.5) is 5.69 Å². The molecule has 2 rings (SSSR count). The van der Waals surface area contributed by atoms with Crippen LogP contribution in [0.25, 0.3) is 0 Å². The number of unbranched alkanes of at least 4 members (excludes halogenated alkanes) is 4. The lowest BCUT2D eigenvalue weighted by atomic mass is 10.1. The maximum Gasteiger partial charge on any atom is 0.0399 e. The second-order valence-corrected chi connectivity index (χ2v) is 5.53. The van der Waals surface area contributed by atoms with Crippen LogP contribution in [0.2, 0.25) is 0 Å². The lowest BCUT2D eigenvalue weighted by Gasteiger charge is -2.19. The van der Waals surface area contributed by atoms with Crippen molar-refractivity contribution in [3.05, 3.63) is 29.8 Å². The SMILES string of the molecule is CCCCCCCNCCN1CCc2ccccc21. The van der Waals surface area contributed by atoms with E-state index < -0.39 is 0 Å². The first-order valence-electron chi connectivity index (χ1n) is 7.95. The second kappa shape index (κ2) is 8.21. The fourth-order valence-corrected chi connectivity index (χ4v) is 2.83. The van der Waals surface area contributed by atoms with Crippen molar-refractivity contribution in [3.63, 3.8) is 0 Å². The molecule has 106 valence electrons. The molecule has 0 aromatic heterocycles. The Morgan fingerprint density at radius 2 is 1.89 bits per heavy atom. The number of hydrogen-bond acceptors (Lipinski definition) is 2. The van der Waals surface area contributed by atoms with Gasteiger partial charge in [-0.05, 0) is 31.0 Å². The number of benzene rings is 1. The van der Waals surface area contributed by atoms with E-state index in [2.05, 4.69) is 41.4 Å². The highest BCUT2D eigenvalue weighted by molar-refractivity contribution is 5.57. The lowest BCUT2D eigenvalue weighted by Crippen LogP contribution is -2.31. The molecule has 0 unspecified atom stereocenters. The van der Waals surface area contributed by atoms with Gasteiger partial charge in [-0.2, -0.15) is 0 Å². The Labute approximate surface area is 118 Å². The minimum atomic E-state index is 1.11. The molecule has 0 radical (unpaired) electrons. The number of anilines is 1. The predicted molar refractivity (Wildman–Crippen MR) is 84.0 cm³/mol. The molecule has 0 atom stereocenters. The van der Waals surface area contributed by atoms with Crippen LogP contribution in [0.5, 0.6) is 0 Å². The van der Waals surface area contributed by atoms with Crippen LogP contribution in [-0.4, -0.2) is 26.2 Å². The first kappa shape index (κ1) is 14.4. The van der Waals surface area contributed by atoms with Crippen molar-refractivity contribution in [3.8, 4) is 0 Å².